The molecule has 6 heteroatoms. The first-order chi connectivity index (χ1) is 12.9. The van der Waals surface area contributed by atoms with Gasteiger partial charge in [0, 0.05) is 37.7 Å². The molecule has 1 aromatic heterocycles. The lowest BCUT2D eigenvalue weighted by molar-refractivity contribution is 0.0720. The van der Waals surface area contributed by atoms with Crippen molar-refractivity contribution in [1.82, 2.24) is 9.47 Å². The molecule has 27 heavy (non-hydrogen) atoms. The van der Waals surface area contributed by atoms with Crippen LogP contribution in [0, 0.1) is 5.82 Å². The van der Waals surface area contributed by atoms with Gasteiger partial charge in [-0.25, -0.2) is 4.39 Å². The second-order valence-electron chi connectivity index (χ2n) is 6.76. The second-order valence-corrected chi connectivity index (χ2v) is 6.76. The van der Waals surface area contributed by atoms with Gasteiger partial charge in [0.05, 0.1) is 5.69 Å². The summed E-state index contributed by atoms with van der Waals surface area (Å²) in [5.74, 6) is -1.34. The van der Waals surface area contributed by atoms with Gasteiger partial charge in [-0.1, -0.05) is 25.1 Å². The van der Waals surface area contributed by atoms with Crippen LogP contribution in [0.3, 0.4) is 0 Å². The standard InChI is InChI=1S/C21H23FN2O3/c1-4-13(3)18-20(26)19(25)17-16(24(18)5-2)10-11-23(21(17)27)12-14-6-8-15(22)9-7-14/h4,6-9,13,26H,1,5,10-12H2,2-3H3. The fraction of sp³-hybridized carbons (Fsp3) is 0.333. The molecule has 0 saturated carbocycles. The molecule has 1 aliphatic rings. The summed E-state index contributed by atoms with van der Waals surface area (Å²) in [6.07, 6.45) is 2.18. The van der Waals surface area contributed by atoms with Crippen molar-refractivity contribution in [3.05, 3.63) is 75.5 Å². The van der Waals surface area contributed by atoms with Gasteiger partial charge in [-0.15, -0.1) is 6.58 Å². The fourth-order valence-electron chi connectivity index (χ4n) is 3.65. The average Bonchev–Trinajstić information content (AvgIpc) is 2.67. The number of aromatic nitrogens is 1. The zero-order chi connectivity index (χ0) is 19.7. The lowest BCUT2D eigenvalue weighted by atomic mass is 9.97. The van der Waals surface area contributed by atoms with E-state index in [-0.39, 0.29) is 29.6 Å². The smallest absolute Gasteiger partial charge is 0.260 e. The first-order valence-corrected chi connectivity index (χ1v) is 9.03. The van der Waals surface area contributed by atoms with Crippen molar-refractivity contribution in [1.29, 1.82) is 0 Å². The number of hydrogen-bond donors (Lipinski definition) is 1. The van der Waals surface area contributed by atoms with Crippen LogP contribution in [0.2, 0.25) is 0 Å². The molecule has 1 amide bonds. The highest BCUT2D eigenvalue weighted by atomic mass is 19.1. The number of nitrogens with zero attached hydrogens (tertiary/aromatic N) is 2. The largest absolute Gasteiger partial charge is 0.503 e. The lowest BCUT2D eigenvalue weighted by Gasteiger charge is -2.32. The summed E-state index contributed by atoms with van der Waals surface area (Å²) in [5, 5.41) is 10.5. The Bertz CT molecular complexity index is 947. The average molecular weight is 370 g/mol. The van der Waals surface area contributed by atoms with Crippen LogP contribution in [0.25, 0.3) is 0 Å². The van der Waals surface area contributed by atoms with Gasteiger partial charge in [0.1, 0.15) is 11.4 Å². The van der Waals surface area contributed by atoms with E-state index in [0.29, 0.717) is 30.9 Å². The number of fused-ring (bicyclic) bond motifs is 1. The molecule has 1 N–H and O–H groups in total. The molecule has 2 aromatic rings. The van der Waals surface area contributed by atoms with Crippen LogP contribution in [0.4, 0.5) is 4.39 Å². The van der Waals surface area contributed by atoms with Crippen molar-refractivity contribution >= 4 is 5.91 Å². The molecule has 1 unspecified atom stereocenters. The molecular formula is C21H23FN2O3. The molecule has 142 valence electrons. The Morgan fingerprint density at radius 2 is 1.96 bits per heavy atom. The highest BCUT2D eigenvalue weighted by Crippen LogP contribution is 2.29. The van der Waals surface area contributed by atoms with Gasteiger partial charge in [-0.2, -0.15) is 0 Å². The predicted molar refractivity (Wildman–Crippen MR) is 101 cm³/mol. The number of pyridine rings is 1. The summed E-state index contributed by atoms with van der Waals surface area (Å²) >= 11 is 0. The van der Waals surface area contributed by atoms with Crippen molar-refractivity contribution in [2.24, 2.45) is 0 Å². The number of aromatic hydroxyl groups is 1. The van der Waals surface area contributed by atoms with Crippen LogP contribution in [0.5, 0.6) is 5.75 Å². The third-order valence-electron chi connectivity index (χ3n) is 5.10. The van der Waals surface area contributed by atoms with Crippen molar-refractivity contribution < 1.29 is 14.3 Å². The molecule has 1 aromatic carbocycles. The molecule has 2 heterocycles. The van der Waals surface area contributed by atoms with Crippen LogP contribution in [0.15, 0.2) is 41.7 Å². The zero-order valence-corrected chi connectivity index (χ0v) is 15.5. The number of amides is 1. The number of halogens is 1. The molecule has 5 nitrogen and oxygen atoms in total. The molecule has 0 saturated heterocycles. The molecule has 0 spiro atoms. The SMILES string of the molecule is C=CC(C)c1c(O)c(=O)c2c(n1CC)CCN(Cc1ccc(F)cc1)C2=O. The van der Waals surface area contributed by atoms with E-state index in [1.54, 1.807) is 23.1 Å². The van der Waals surface area contributed by atoms with Gasteiger partial charge in [0.25, 0.3) is 5.91 Å². The number of hydrogen-bond acceptors (Lipinski definition) is 3. The third-order valence-corrected chi connectivity index (χ3v) is 5.10. The topological polar surface area (TPSA) is 62.5 Å². The Kier molecular flexibility index (Phi) is 5.17. The highest BCUT2D eigenvalue weighted by Gasteiger charge is 2.33. The summed E-state index contributed by atoms with van der Waals surface area (Å²) in [7, 11) is 0. The summed E-state index contributed by atoms with van der Waals surface area (Å²) < 4.78 is 14.9. The summed E-state index contributed by atoms with van der Waals surface area (Å²) in [6, 6.07) is 5.93. The zero-order valence-electron chi connectivity index (χ0n) is 15.5. The molecule has 0 fully saturated rings. The quantitative estimate of drug-likeness (QED) is 0.822. The lowest BCUT2D eigenvalue weighted by Crippen LogP contribution is -2.42. The van der Waals surface area contributed by atoms with E-state index in [9.17, 15) is 19.1 Å². The Labute approximate surface area is 157 Å². The minimum absolute atomic E-state index is 0.0303. The van der Waals surface area contributed by atoms with E-state index in [4.69, 9.17) is 0 Å². The van der Waals surface area contributed by atoms with E-state index in [0.717, 1.165) is 5.56 Å². The maximum Gasteiger partial charge on any atom is 0.260 e. The molecule has 1 aliphatic heterocycles. The van der Waals surface area contributed by atoms with Crippen LogP contribution in [0.1, 0.15) is 47.1 Å². The molecule has 0 radical (unpaired) electrons. The monoisotopic (exact) mass is 370 g/mol. The van der Waals surface area contributed by atoms with Gasteiger partial charge in [-0.3, -0.25) is 9.59 Å². The Morgan fingerprint density at radius 1 is 1.30 bits per heavy atom. The number of allylic oxidation sites excluding steroid dienone is 1. The van der Waals surface area contributed by atoms with E-state index in [1.807, 2.05) is 18.4 Å². The van der Waals surface area contributed by atoms with Crippen LogP contribution in [-0.2, 0) is 19.5 Å². The Morgan fingerprint density at radius 3 is 2.56 bits per heavy atom. The minimum Gasteiger partial charge on any atom is -0.503 e. The number of rotatable bonds is 5. The van der Waals surface area contributed by atoms with E-state index < -0.39 is 11.3 Å². The maximum atomic E-state index is 13.1. The summed E-state index contributed by atoms with van der Waals surface area (Å²) in [4.78, 5) is 27.3. The van der Waals surface area contributed by atoms with Crippen molar-refractivity contribution in [2.75, 3.05) is 6.54 Å². The second kappa shape index (κ2) is 7.39. The molecule has 0 aliphatic carbocycles. The van der Waals surface area contributed by atoms with Crippen molar-refractivity contribution in [2.45, 2.75) is 39.3 Å². The normalized spacial score (nSPS) is 14.8. The molecule has 3 rings (SSSR count). The Hall–Kier alpha value is -2.89. The number of benzene rings is 1. The van der Waals surface area contributed by atoms with E-state index in [1.165, 1.54) is 12.1 Å². The third kappa shape index (κ3) is 3.27. The number of carbonyl (C=O) groups excluding carboxylic acids is 1. The summed E-state index contributed by atoms with van der Waals surface area (Å²) in [5.41, 5.74) is 1.33. The van der Waals surface area contributed by atoms with Gasteiger partial charge < -0.3 is 14.6 Å². The summed E-state index contributed by atoms with van der Waals surface area (Å²) in [6.45, 7) is 8.79. The van der Waals surface area contributed by atoms with Crippen molar-refractivity contribution in [3.63, 3.8) is 0 Å². The Balaban J connectivity index is 2.05. The van der Waals surface area contributed by atoms with Crippen molar-refractivity contribution in [3.8, 4) is 5.75 Å². The fourth-order valence-corrected chi connectivity index (χ4v) is 3.65. The van der Waals surface area contributed by atoms with Gasteiger partial charge in [-0.05, 0) is 24.6 Å². The first kappa shape index (κ1) is 18.9. The predicted octanol–water partition coefficient (Wildman–Crippen LogP) is 3.20. The van der Waals surface area contributed by atoms with Gasteiger partial charge in [0.2, 0.25) is 5.43 Å². The molecular weight excluding hydrogens is 347 g/mol. The molecule has 0 bridgehead atoms. The van der Waals surface area contributed by atoms with Crippen LogP contribution < -0.4 is 5.43 Å². The van der Waals surface area contributed by atoms with E-state index >= 15 is 0 Å². The highest BCUT2D eigenvalue weighted by molar-refractivity contribution is 5.96. The molecule has 1 atom stereocenters. The number of carbonyl (C=O) groups is 1. The van der Waals surface area contributed by atoms with E-state index in [2.05, 4.69) is 6.58 Å². The maximum absolute atomic E-state index is 13.1. The van der Waals surface area contributed by atoms with Gasteiger partial charge in [0.15, 0.2) is 5.75 Å². The first-order valence-electron chi connectivity index (χ1n) is 9.03. The van der Waals surface area contributed by atoms with Gasteiger partial charge >= 0.3 is 0 Å². The van der Waals surface area contributed by atoms with Crippen LogP contribution in [-0.4, -0.2) is 27.0 Å². The minimum atomic E-state index is -0.632. The van der Waals surface area contributed by atoms with Crippen LogP contribution >= 0.6 is 0 Å².